The first-order chi connectivity index (χ1) is 7.29. The average molecular weight is 205 g/mol. The van der Waals surface area contributed by atoms with Gasteiger partial charge in [0.2, 0.25) is 0 Å². The highest BCUT2D eigenvalue weighted by molar-refractivity contribution is 5.84. The number of nitrogens with one attached hydrogen (secondary N) is 1. The molecule has 1 N–H and O–H groups in total. The molecule has 15 heavy (non-hydrogen) atoms. The molecule has 0 radical (unpaired) electrons. The molecule has 3 nitrogen and oxygen atoms in total. The predicted molar refractivity (Wildman–Crippen MR) is 57.6 cm³/mol. The van der Waals surface area contributed by atoms with Crippen LogP contribution in [0, 0.1) is 0 Å². The number of hydrogen-bond donors (Lipinski definition) is 1. The Morgan fingerprint density at radius 1 is 1.40 bits per heavy atom. The lowest BCUT2D eigenvalue weighted by atomic mass is 9.80. The summed E-state index contributed by atoms with van der Waals surface area (Å²) >= 11 is 0. The van der Waals surface area contributed by atoms with Crippen LogP contribution in [0.25, 0.3) is 0 Å². The topological polar surface area (TPSA) is 38.3 Å². The van der Waals surface area contributed by atoms with E-state index >= 15 is 0 Å². The second-order valence-electron chi connectivity index (χ2n) is 3.87. The van der Waals surface area contributed by atoms with Gasteiger partial charge in [-0.15, -0.1) is 0 Å². The molecule has 0 bridgehead atoms. The van der Waals surface area contributed by atoms with E-state index in [0.29, 0.717) is 6.54 Å². The zero-order valence-corrected chi connectivity index (χ0v) is 8.82. The molecule has 0 aromatic heterocycles. The molecule has 1 heterocycles. The summed E-state index contributed by atoms with van der Waals surface area (Å²) in [6.07, 6.45) is 0.809. The molecule has 0 unspecified atom stereocenters. The molecule has 1 aliphatic rings. The van der Waals surface area contributed by atoms with Crippen molar-refractivity contribution in [1.29, 1.82) is 0 Å². The van der Waals surface area contributed by atoms with Crippen molar-refractivity contribution in [2.75, 3.05) is 20.2 Å². The van der Waals surface area contributed by atoms with Crippen LogP contribution in [0.2, 0.25) is 0 Å². The van der Waals surface area contributed by atoms with E-state index in [9.17, 15) is 4.79 Å². The molecule has 1 saturated heterocycles. The second kappa shape index (κ2) is 4.03. The van der Waals surface area contributed by atoms with Gasteiger partial charge in [0.1, 0.15) is 5.41 Å². The van der Waals surface area contributed by atoms with E-state index < -0.39 is 5.41 Å². The van der Waals surface area contributed by atoms with Gasteiger partial charge in [-0.2, -0.15) is 0 Å². The van der Waals surface area contributed by atoms with Gasteiger partial charge in [-0.3, -0.25) is 4.79 Å². The summed E-state index contributed by atoms with van der Waals surface area (Å²) < 4.78 is 4.91. The summed E-state index contributed by atoms with van der Waals surface area (Å²) in [4.78, 5) is 11.9. The average Bonchev–Trinajstić information content (AvgIpc) is 2.79. The SMILES string of the molecule is COC(=O)[C@]1(c2ccccc2)CCNC1. The van der Waals surface area contributed by atoms with E-state index in [-0.39, 0.29) is 5.97 Å². The van der Waals surface area contributed by atoms with Crippen LogP contribution in [0.5, 0.6) is 0 Å². The van der Waals surface area contributed by atoms with Crippen LogP contribution in [0.15, 0.2) is 30.3 Å². The Hall–Kier alpha value is -1.35. The summed E-state index contributed by atoms with van der Waals surface area (Å²) in [5, 5.41) is 3.23. The van der Waals surface area contributed by atoms with E-state index in [0.717, 1.165) is 18.5 Å². The fourth-order valence-electron chi connectivity index (χ4n) is 2.18. The van der Waals surface area contributed by atoms with Gasteiger partial charge in [0.15, 0.2) is 0 Å². The van der Waals surface area contributed by atoms with Crippen LogP contribution in [-0.4, -0.2) is 26.2 Å². The number of methoxy groups -OCH3 is 1. The maximum atomic E-state index is 11.9. The molecule has 0 spiro atoms. The molecule has 1 atom stereocenters. The summed E-state index contributed by atoms with van der Waals surface area (Å²) in [5.41, 5.74) is 0.567. The van der Waals surface area contributed by atoms with Crippen LogP contribution in [-0.2, 0) is 14.9 Å². The summed E-state index contributed by atoms with van der Waals surface area (Å²) in [6, 6.07) is 9.85. The molecule has 1 aliphatic heterocycles. The first kappa shape index (κ1) is 10.2. The first-order valence-electron chi connectivity index (χ1n) is 5.14. The van der Waals surface area contributed by atoms with Gasteiger partial charge in [-0.05, 0) is 18.5 Å². The van der Waals surface area contributed by atoms with Crippen LogP contribution in [0.4, 0.5) is 0 Å². The molecule has 1 aromatic carbocycles. The highest BCUT2D eigenvalue weighted by Crippen LogP contribution is 2.31. The molecule has 1 aromatic rings. The van der Waals surface area contributed by atoms with Gasteiger partial charge in [-0.25, -0.2) is 0 Å². The third-order valence-corrected chi connectivity index (χ3v) is 3.06. The third kappa shape index (κ3) is 1.63. The monoisotopic (exact) mass is 205 g/mol. The molecule has 0 saturated carbocycles. The van der Waals surface area contributed by atoms with E-state index in [4.69, 9.17) is 4.74 Å². The van der Waals surface area contributed by atoms with Gasteiger partial charge >= 0.3 is 5.97 Å². The van der Waals surface area contributed by atoms with Crippen molar-refractivity contribution in [2.45, 2.75) is 11.8 Å². The van der Waals surface area contributed by atoms with Crippen LogP contribution < -0.4 is 5.32 Å². The molecule has 3 heteroatoms. The Morgan fingerprint density at radius 2 is 2.13 bits per heavy atom. The van der Waals surface area contributed by atoms with Gasteiger partial charge in [0.05, 0.1) is 7.11 Å². The molecular formula is C12H15NO2. The fourth-order valence-corrected chi connectivity index (χ4v) is 2.18. The highest BCUT2D eigenvalue weighted by atomic mass is 16.5. The Bertz CT molecular complexity index is 342. The van der Waals surface area contributed by atoms with Crippen LogP contribution >= 0.6 is 0 Å². The van der Waals surface area contributed by atoms with Crippen molar-refractivity contribution in [3.63, 3.8) is 0 Å². The van der Waals surface area contributed by atoms with Crippen molar-refractivity contribution in [2.24, 2.45) is 0 Å². The highest BCUT2D eigenvalue weighted by Gasteiger charge is 2.43. The Kier molecular flexibility index (Phi) is 2.73. The first-order valence-corrected chi connectivity index (χ1v) is 5.14. The van der Waals surface area contributed by atoms with Crippen molar-refractivity contribution >= 4 is 5.97 Å². The second-order valence-corrected chi connectivity index (χ2v) is 3.87. The number of benzene rings is 1. The van der Waals surface area contributed by atoms with E-state index in [1.54, 1.807) is 0 Å². The molecule has 2 rings (SSSR count). The Labute approximate surface area is 89.4 Å². The minimum absolute atomic E-state index is 0.140. The van der Waals surface area contributed by atoms with E-state index in [2.05, 4.69) is 5.32 Å². The van der Waals surface area contributed by atoms with Gasteiger partial charge in [0, 0.05) is 6.54 Å². The van der Waals surface area contributed by atoms with Gasteiger partial charge < -0.3 is 10.1 Å². The number of carbonyl (C=O) groups is 1. The van der Waals surface area contributed by atoms with Crippen LogP contribution in [0.1, 0.15) is 12.0 Å². The normalized spacial score (nSPS) is 25.1. The fraction of sp³-hybridized carbons (Fsp3) is 0.417. The molecule has 80 valence electrons. The maximum Gasteiger partial charge on any atom is 0.317 e. The number of esters is 1. The number of hydrogen-bond acceptors (Lipinski definition) is 3. The van der Waals surface area contributed by atoms with Crippen molar-refractivity contribution in [3.8, 4) is 0 Å². The quantitative estimate of drug-likeness (QED) is 0.734. The van der Waals surface area contributed by atoms with Crippen molar-refractivity contribution < 1.29 is 9.53 Å². The number of ether oxygens (including phenoxy) is 1. The predicted octanol–water partition coefficient (Wildman–Crippen LogP) is 1.09. The van der Waals surface area contributed by atoms with E-state index in [1.807, 2.05) is 30.3 Å². The number of rotatable bonds is 2. The maximum absolute atomic E-state index is 11.9. The van der Waals surface area contributed by atoms with E-state index in [1.165, 1.54) is 7.11 Å². The Balaban J connectivity index is 2.39. The zero-order chi connectivity index (χ0) is 10.7. The van der Waals surface area contributed by atoms with Crippen molar-refractivity contribution in [1.82, 2.24) is 5.32 Å². The summed E-state index contributed by atoms with van der Waals surface area (Å²) in [5.74, 6) is -0.140. The van der Waals surface area contributed by atoms with Crippen molar-refractivity contribution in [3.05, 3.63) is 35.9 Å². The smallest absolute Gasteiger partial charge is 0.317 e. The van der Waals surface area contributed by atoms with Crippen LogP contribution in [0.3, 0.4) is 0 Å². The van der Waals surface area contributed by atoms with Gasteiger partial charge in [-0.1, -0.05) is 30.3 Å². The summed E-state index contributed by atoms with van der Waals surface area (Å²) in [6.45, 7) is 1.54. The summed E-state index contributed by atoms with van der Waals surface area (Å²) in [7, 11) is 1.45. The lowest BCUT2D eigenvalue weighted by molar-refractivity contribution is -0.146. The third-order valence-electron chi connectivity index (χ3n) is 3.06. The Morgan fingerprint density at radius 3 is 2.67 bits per heavy atom. The number of carbonyl (C=O) groups excluding carboxylic acids is 1. The molecule has 0 aliphatic carbocycles. The standard InChI is InChI=1S/C12H15NO2/c1-15-11(14)12(7-8-13-9-12)10-5-3-2-4-6-10/h2-6,13H,7-9H2,1H3/t12-/m1/s1. The lowest BCUT2D eigenvalue weighted by Crippen LogP contribution is -2.38. The minimum atomic E-state index is -0.476. The zero-order valence-electron chi connectivity index (χ0n) is 8.82. The molecule has 1 fully saturated rings. The minimum Gasteiger partial charge on any atom is -0.468 e. The lowest BCUT2D eigenvalue weighted by Gasteiger charge is -2.25. The molecule has 0 amide bonds. The molecular weight excluding hydrogens is 190 g/mol. The largest absolute Gasteiger partial charge is 0.468 e. The van der Waals surface area contributed by atoms with Gasteiger partial charge in [0.25, 0.3) is 0 Å².